The zero-order chi connectivity index (χ0) is 14.0. The fourth-order valence-electron chi connectivity index (χ4n) is 1.72. The van der Waals surface area contributed by atoms with Gasteiger partial charge in [-0.1, -0.05) is 27.5 Å². The van der Waals surface area contributed by atoms with Crippen molar-refractivity contribution in [2.45, 2.75) is 6.42 Å². The first-order valence-electron chi connectivity index (χ1n) is 5.38. The maximum atomic E-state index is 13.0. The summed E-state index contributed by atoms with van der Waals surface area (Å²) in [5, 5.41) is 0.420. The van der Waals surface area contributed by atoms with Gasteiger partial charge in [-0.2, -0.15) is 0 Å². The third-order valence-electron chi connectivity index (χ3n) is 2.47. The molecular formula is C14H8BrClF2O. The first-order valence-corrected chi connectivity index (χ1v) is 6.55. The van der Waals surface area contributed by atoms with Crippen LogP contribution < -0.4 is 0 Å². The zero-order valence-corrected chi connectivity index (χ0v) is 11.9. The van der Waals surface area contributed by atoms with E-state index < -0.39 is 11.6 Å². The highest BCUT2D eigenvalue weighted by Gasteiger charge is 2.10. The first kappa shape index (κ1) is 14.2. The minimum absolute atomic E-state index is 0.0819. The molecule has 5 heteroatoms. The van der Waals surface area contributed by atoms with Crippen molar-refractivity contribution in [3.8, 4) is 0 Å². The maximum absolute atomic E-state index is 13.0. The molecule has 0 aromatic heterocycles. The third-order valence-corrected chi connectivity index (χ3v) is 3.15. The number of hydrogen-bond acceptors (Lipinski definition) is 1. The van der Waals surface area contributed by atoms with Crippen LogP contribution in [0.2, 0.25) is 5.02 Å². The highest BCUT2D eigenvalue weighted by molar-refractivity contribution is 9.10. The average Bonchev–Trinajstić information content (AvgIpc) is 2.25. The van der Waals surface area contributed by atoms with Crippen LogP contribution >= 0.6 is 27.5 Å². The highest BCUT2D eigenvalue weighted by Crippen LogP contribution is 2.21. The molecule has 0 aliphatic rings. The second-order valence-electron chi connectivity index (χ2n) is 4.04. The predicted molar refractivity (Wildman–Crippen MR) is 73.5 cm³/mol. The quantitative estimate of drug-likeness (QED) is 0.730. The van der Waals surface area contributed by atoms with E-state index in [9.17, 15) is 13.6 Å². The number of ketones is 1. The lowest BCUT2D eigenvalue weighted by molar-refractivity contribution is 0.0993. The Bertz CT molecular complexity index is 603. The van der Waals surface area contributed by atoms with Crippen LogP contribution in [-0.2, 0) is 6.42 Å². The Morgan fingerprint density at radius 3 is 2.26 bits per heavy atom. The van der Waals surface area contributed by atoms with Crippen LogP contribution in [-0.4, -0.2) is 5.78 Å². The van der Waals surface area contributed by atoms with Gasteiger partial charge in [0.25, 0.3) is 0 Å². The lowest BCUT2D eigenvalue weighted by Gasteiger charge is -2.04. The fourth-order valence-corrected chi connectivity index (χ4v) is 2.58. The molecule has 2 rings (SSSR count). The summed E-state index contributed by atoms with van der Waals surface area (Å²) < 4.78 is 26.7. The van der Waals surface area contributed by atoms with Crippen molar-refractivity contribution in [2.24, 2.45) is 0 Å². The van der Waals surface area contributed by atoms with Gasteiger partial charge in [0, 0.05) is 27.5 Å². The zero-order valence-electron chi connectivity index (χ0n) is 9.59. The van der Waals surface area contributed by atoms with Gasteiger partial charge in [-0.15, -0.1) is 0 Å². The number of carbonyl (C=O) groups is 1. The molecular weight excluding hydrogens is 338 g/mol. The van der Waals surface area contributed by atoms with E-state index in [1.165, 1.54) is 6.07 Å². The Kier molecular flexibility index (Phi) is 4.32. The van der Waals surface area contributed by atoms with Gasteiger partial charge < -0.3 is 0 Å². The lowest BCUT2D eigenvalue weighted by Crippen LogP contribution is -2.04. The van der Waals surface area contributed by atoms with Crippen molar-refractivity contribution in [3.63, 3.8) is 0 Å². The molecule has 0 bridgehead atoms. The van der Waals surface area contributed by atoms with Crippen molar-refractivity contribution in [3.05, 3.63) is 68.7 Å². The first-order chi connectivity index (χ1) is 8.94. The molecule has 2 aromatic rings. The third kappa shape index (κ3) is 3.85. The number of carbonyl (C=O) groups excluding carboxylic acids is 1. The molecule has 0 saturated carbocycles. The molecule has 2 aromatic carbocycles. The minimum Gasteiger partial charge on any atom is -0.294 e. The summed E-state index contributed by atoms with van der Waals surface area (Å²) in [7, 11) is 0. The molecule has 0 N–H and O–H groups in total. The van der Waals surface area contributed by atoms with E-state index >= 15 is 0 Å². The second kappa shape index (κ2) is 5.80. The fraction of sp³-hybridized carbons (Fsp3) is 0.0714. The van der Waals surface area contributed by atoms with Crippen molar-refractivity contribution >= 4 is 33.3 Å². The molecule has 0 amide bonds. The number of hydrogen-bond donors (Lipinski definition) is 0. The number of rotatable bonds is 3. The van der Waals surface area contributed by atoms with Crippen LogP contribution in [0.25, 0.3) is 0 Å². The monoisotopic (exact) mass is 344 g/mol. The highest BCUT2D eigenvalue weighted by atomic mass is 79.9. The Morgan fingerprint density at radius 1 is 1.05 bits per heavy atom. The molecule has 0 aliphatic carbocycles. The van der Waals surface area contributed by atoms with E-state index in [0.29, 0.717) is 20.6 Å². The van der Waals surface area contributed by atoms with E-state index in [1.54, 1.807) is 12.1 Å². The van der Waals surface area contributed by atoms with Gasteiger partial charge >= 0.3 is 0 Å². The summed E-state index contributed by atoms with van der Waals surface area (Å²) in [4.78, 5) is 12.0. The largest absolute Gasteiger partial charge is 0.294 e. The number of benzene rings is 2. The summed E-state index contributed by atoms with van der Waals surface area (Å²) >= 11 is 9.08. The summed E-state index contributed by atoms with van der Waals surface area (Å²) in [5.41, 5.74) is 0.683. The normalized spacial score (nSPS) is 10.5. The summed E-state index contributed by atoms with van der Waals surface area (Å²) in [6.07, 6.45) is -0.0819. The summed E-state index contributed by atoms with van der Waals surface area (Å²) in [6.45, 7) is 0. The molecule has 0 aliphatic heterocycles. The molecule has 19 heavy (non-hydrogen) atoms. The van der Waals surface area contributed by atoms with Gasteiger partial charge in [-0.3, -0.25) is 4.79 Å². The molecule has 1 nitrogen and oxygen atoms in total. The molecule has 0 fully saturated rings. The minimum atomic E-state index is -0.699. The second-order valence-corrected chi connectivity index (χ2v) is 5.39. The molecule has 0 spiro atoms. The molecule has 0 saturated heterocycles. The SMILES string of the molecule is O=C(Cc1cc(F)cc(F)c1)c1cc(Cl)cc(Br)c1. The molecule has 0 radical (unpaired) electrons. The van der Waals surface area contributed by atoms with E-state index in [0.717, 1.165) is 18.2 Å². The van der Waals surface area contributed by atoms with Crippen molar-refractivity contribution in [1.82, 2.24) is 0 Å². The van der Waals surface area contributed by atoms with Gasteiger partial charge in [0.2, 0.25) is 0 Å². The number of halogens is 4. The van der Waals surface area contributed by atoms with E-state index in [1.807, 2.05) is 0 Å². The molecule has 98 valence electrons. The van der Waals surface area contributed by atoms with Crippen LogP contribution in [0.4, 0.5) is 8.78 Å². The topological polar surface area (TPSA) is 17.1 Å². The van der Waals surface area contributed by atoms with Crippen LogP contribution in [0.15, 0.2) is 40.9 Å². The van der Waals surface area contributed by atoms with E-state index in [2.05, 4.69) is 15.9 Å². The Morgan fingerprint density at radius 2 is 1.68 bits per heavy atom. The molecule has 0 atom stereocenters. The molecule has 0 unspecified atom stereocenters. The predicted octanol–water partition coefficient (Wildman–Crippen LogP) is 4.81. The van der Waals surface area contributed by atoms with Crippen molar-refractivity contribution < 1.29 is 13.6 Å². The van der Waals surface area contributed by atoms with E-state index in [4.69, 9.17) is 11.6 Å². The Labute approximate surface area is 122 Å². The van der Waals surface area contributed by atoms with Gasteiger partial charge in [-0.25, -0.2) is 8.78 Å². The summed E-state index contributed by atoms with van der Waals surface area (Å²) in [5.74, 6) is -1.65. The van der Waals surface area contributed by atoms with Crippen LogP contribution in [0, 0.1) is 11.6 Å². The molecule has 0 heterocycles. The van der Waals surface area contributed by atoms with Gasteiger partial charge in [0.1, 0.15) is 11.6 Å². The van der Waals surface area contributed by atoms with Crippen LogP contribution in [0.5, 0.6) is 0 Å². The summed E-state index contributed by atoms with van der Waals surface area (Å²) in [6, 6.07) is 7.83. The van der Waals surface area contributed by atoms with Crippen molar-refractivity contribution in [1.29, 1.82) is 0 Å². The average molecular weight is 346 g/mol. The van der Waals surface area contributed by atoms with Gasteiger partial charge in [-0.05, 0) is 35.9 Å². The maximum Gasteiger partial charge on any atom is 0.167 e. The van der Waals surface area contributed by atoms with Gasteiger partial charge in [0.05, 0.1) is 0 Å². The standard InChI is InChI=1S/C14H8BrClF2O/c15-10-4-9(5-11(16)6-10)14(19)3-8-1-12(17)7-13(18)2-8/h1-2,4-7H,3H2. The Hall–Kier alpha value is -1.26. The van der Waals surface area contributed by atoms with Gasteiger partial charge in [0.15, 0.2) is 5.78 Å². The Balaban J connectivity index is 2.25. The lowest BCUT2D eigenvalue weighted by atomic mass is 10.0. The van der Waals surface area contributed by atoms with Crippen LogP contribution in [0.1, 0.15) is 15.9 Å². The smallest absolute Gasteiger partial charge is 0.167 e. The van der Waals surface area contributed by atoms with E-state index in [-0.39, 0.29) is 12.2 Å². The van der Waals surface area contributed by atoms with Crippen molar-refractivity contribution in [2.75, 3.05) is 0 Å². The van der Waals surface area contributed by atoms with Crippen LogP contribution in [0.3, 0.4) is 0 Å². The number of Topliss-reactive ketones (excluding diaryl/α,β-unsaturated/α-hetero) is 1.